The molecule has 0 radical (unpaired) electrons. The molecule has 1 N–H and O–H groups in total. The maximum atomic E-state index is 13.0. The second-order valence-electron chi connectivity index (χ2n) is 9.67. The van der Waals surface area contributed by atoms with Gasteiger partial charge in [0.25, 0.3) is 0 Å². The molecule has 0 bridgehead atoms. The van der Waals surface area contributed by atoms with Crippen molar-refractivity contribution >= 4 is 33.7 Å². The highest BCUT2D eigenvalue weighted by atomic mass is 32.2. The van der Waals surface area contributed by atoms with E-state index in [4.69, 9.17) is 14.2 Å². The number of anilines is 1. The van der Waals surface area contributed by atoms with Crippen LogP contribution in [-0.2, 0) is 33.8 Å². The number of hydrogen-bond acceptors (Lipinski definition) is 9. The number of carbonyl (C=O) groups is 3. The fraction of sp³-hybridized carbons (Fsp3) is 0.423. The molecule has 1 aromatic rings. The first-order valence-corrected chi connectivity index (χ1v) is 13.5. The smallest absolute Gasteiger partial charge is 0.410 e. The molecule has 1 saturated heterocycles. The summed E-state index contributed by atoms with van der Waals surface area (Å²) in [4.78, 5) is 40.2. The molecule has 1 amide bonds. The van der Waals surface area contributed by atoms with E-state index in [1.807, 2.05) is 0 Å². The molecule has 12 heteroatoms. The zero-order valence-electron chi connectivity index (χ0n) is 22.1. The molecule has 0 atom stereocenters. The van der Waals surface area contributed by atoms with Crippen LogP contribution in [0.4, 0.5) is 10.5 Å². The Bertz CT molecular complexity index is 1250. The fourth-order valence-electron chi connectivity index (χ4n) is 3.95. The molecule has 0 spiro atoms. The number of likely N-dealkylation sites (tertiary alicyclic amines) is 1. The minimum atomic E-state index is -3.86. The van der Waals surface area contributed by atoms with Crippen molar-refractivity contribution in [3.8, 4) is 0 Å². The summed E-state index contributed by atoms with van der Waals surface area (Å²) in [6.07, 6.45) is 6.67. The molecule has 206 valence electrons. The largest absolute Gasteiger partial charge is 0.465 e. The summed E-state index contributed by atoms with van der Waals surface area (Å²) in [6.45, 7) is 6.13. The van der Waals surface area contributed by atoms with Gasteiger partial charge in [-0.05, 0) is 70.0 Å². The average molecular weight is 548 g/mol. The second kappa shape index (κ2) is 11.8. The van der Waals surface area contributed by atoms with Crippen LogP contribution >= 0.6 is 0 Å². The molecule has 3 rings (SSSR count). The Hall–Kier alpha value is -3.64. The molecular formula is C26H33N3O8S. The van der Waals surface area contributed by atoms with Crippen LogP contribution in [-0.4, -0.2) is 70.3 Å². The Kier molecular flexibility index (Phi) is 9.00. The number of ether oxygens (including phenoxy) is 3. The zero-order valence-corrected chi connectivity index (χ0v) is 22.9. The number of sulfonamides is 1. The van der Waals surface area contributed by atoms with E-state index in [-0.39, 0.29) is 22.2 Å². The quantitative estimate of drug-likeness (QED) is 0.422. The lowest BCUT2D eigenvalue weighted by Gasteiger charge is -2.33. The van der Waals surface area contributed by atoms with Crippen LogP contribution in [0.25, 0.3) is 0 Å². The summed E-state index contributed by atoms with van der Waals surface area (Å²) < 4.78 is 43.9. The van der Waals surface area contributed by atoms with Crippen molar-refractivity contribution in [2.45, 2.75) is 50.2 Å². The van der Waals surface area contributed by atoms with Crippen LogP contribution in [0.1, 0.15) is 33.6 Å². The summed E-state index contributed by atoms with van der Waals surface area (Å²) >= 11 is 0. The molecule has 0 aliphatic carbocycles. The van der Waals surface area contributed by atoms with Gasteiger partial charge in [-0.2, -0.15) is 0 Å². The van der Waals surface area contributed by atoms with Gasteiger partial charge in [0.2, 0.25) is 10.0 Å². The van der Waals surface area contributed by atoms with E-state index in [0.29, 0.717) is 31.6 Å². The first-order valence-electron chi connectivity index (χ1n) is 12.0. The number of carbonyl (C=O) groups excluding carboxylic acids is 3. The molecule has 2 aliphatic heterocycles. The number of esters is 2. The van der Waals surface area contributed by atoms with Gasteiger partial charge in [0.05, 0.1) is 24.7 Å². The van der Waals surface area contributed by atoms with E-state index in [1.54, 1.807) is 44.0 Å². The minimum Gasteiger partial charge on any atom is -0.465 e. The SMILES string of the molecule is COC(=O)C1=C(C(=O)OC)N(c2ccc(S(=O)(=O)NC3CCN(C(=O)OC(C)(C)C)CC3)cc2)C=CC=C1. The molecule has 2 heterocycles. The van der Waals surface area contributed by atoms with E-state index in [9.17, 15) is 22.8 Å². The van der Waals surface area contributed by atoms with Crippen LogP contribution < -0.4 is 9.62 Å². The molecule has 0 saturated carbocycles. The summed E-state index contributed by atoms with van der Waals surface area (Å²) in [6, 6.07) is 5.52. The number of nitrogens with zero attached hydrogens (tertiary/aromatic N) is 2. The Labute approximate surface area is 222 Å². The standard InChI is InChI=1S/C26H33N3O8S/c1-26(2,3)37-25(32)28-16-13-18(14-17-28)27-38(33,34)20-11-9-19(10-12-20)29-15-7-6-8-21(23(30)35-4)22(29)24(31)36-5/h6-12,15,18,27H,13-14,16-17H2,1-5H3. The molecule has 11 nitrogen and oxygen atoms in total. The van der Waals surface area contributed by atoms with Crippen LogP contribution in [0.3, 0.4) is 0 Å². The third-order valence-corrected chi connectivity index (χ3v) is 7.32. The van der Waals surface area contributed by atoms with Gasteiger partial charge in [-0.1, -0.05) is 6.08 Å². The van der Waals surface area contributed by atoms with Crippen molar-refractivity contribution < 1.29 is 37.0 Å². The first kappa shape index (κ1) is 28.9. The van der Waals surface area contributed by atoms with Gasteiger partial charge in [0.15, 0.2) is 0 Å². The Morgan fingerprint density at radius 1 is 0.947 bits per heavy atom. The van der Waals surface area contributed by atoms with Gasteiger partial charge in [0, 0.05) is 31.0 Å². The first-order chi connectivity index (χ1) is 17.9. The summed E-state index contributed by atoms with van der Waals surface area (Å²) in [5, 5.41) is 0. The highest BCUT2D eigenvalue weighted by Crippen LogP contribution is 2.27. The van der Waals surface area contributed by atoms with Gasteiger partial charge in [0.1, 0.15) is 11.3 Å². The lowest BCUT2D eigenvalue weighted by molar-refractivity contribution is -0.139. The van der Waals surface area contributed by atoms with E-state index >= 15 is 0 Å². The predicted octanol–water partition coefficient (Wildman–Crippen LogP) is 2.85. The van der Waals surface area contributed by atoms with Gasteiger partial charge in [-0.15, -0.1) is 0 Å². The van der Waals surface area contributed by atoms with Gasteiger partial charge >= 0.3 is 18.0 Å². The number of allylic oxidation sites excluding steroid dienone is 2. The number of amides is 1. The van der Waals surface area contributed by atoms with Crippen LogP contribution in [0.5, 0.6) is 0 Å². The van der Waals surface area contributed by atoms with Gasteiger partial charge < -0.3 is 24.0 Å². The van der Waals surface area contributed by atoms with Crippen molar-refractivity contribution in [1.82, 2.24) is 9.62 Å². The second-order valence-corrected chi connectivity index (χ2v) is 11.4. The zero-order chi connectivity index (χ0) is 28.1. The topological polar surface area (TPSA) is 132 Å². The van der Waals surface area contributed by atoms with E-state index in [2.05, 4.69) is 4.72 Å². The van der Waals surface area contributed by atoms with Gasteiger partial charge in [-0.25, -0.2) is 27.5 Å². The predicted molar refractivity (Wildman–Crippen MR) is 139 cm³/mol. The third kappa shape index (κ3) is 7.01. The number of nitrogens with one attached hydrogen (secondary N) is 1. The third-order valence-electron chi connectivity index (χ3n) is 5.78. The number of hydrogen-bond donors (Lipinski definition) is 1. The van der Waals surface area contributed by atoms with Crippen molar-refractivity contribution in [1.29, 1.82) is 0 Å². The minimum absolute atomic E-state index is 0.0135. The number of piperidine rings is 1. The Morgan fingerprint density at radius 3 is 2.11 bits per heavy atom. The van der Waals surface area contributed by atoms with Crippen molar-refractivity contribution in [2.24, 2.45) is 0 Å². The van der Waals surface area contributed by atoms with Gasteiger partial charge in [-0.3, -0.25) is 0 Å². The lowest BCUT2D eigenvalue weighted by Crippen LogP contribution is -2.47. The van der Waals surface area contributed by atoms with E-state index in [0.717, 1.165) is 0 Å². The van der Waals surface area contributed by atoms with Crippen molar-refractivity contribution in [3.63, 3.8) is 0 Å². The molecule has 0 aromatic heterocycles. The van der Waals surface area contributed by atoms with Crippen LogP contribution in [0, 0.1) is 0 Å². The summed E-state index contributed by atoms with van der Waals surface area (Å²) in [7, 11) is -1.46. The molecule has 2 aliphatic rings. The highest BCUT2D eigenvalue weighted by Gasteiger charge is 2.30. The summed E-state index contributed by atoms with van der Waals surface area (Å²) in [5.74, 6) is -1.49. The Morgan fingerprint density at radius 2 is 1.55 bits per heavy atom. The van der Waals surface area contributed by atoms with Crippen molar-refractivity contribution in [3.05, 3.63) is 60.0 Å². The molecular weight excluding hydrogens is 514 g/mol. The number of benzene rings is 1. The fourth-order valence-corrected chi connectivity index (χ4v) is 5.25. The van der Waals surface area contributed by atoms with Crippen molar-refractivity contribution in [2.75, 3.05) is 32.2 Å². The Balaban J connectivity index is 1.74. The lowest BCUT2D eigenvalue weighted by atomic mass is 10.1. The number of methoxy groups -OCH3 is 2. The van der Waals surface area contributed by atoms with E-state index < -0.39 is 33.7 Å². The maximum absolute atomic E-state index is 13.0. The molecule has 1 aromatic carbocycles. The maximum Gasteiger partial charge on any atom is 0.410 e. The van der Waals surface area contributed by atoms with Crippen LogP contribution in [0.2, 0.25) is 0 Å². The number of rotatable bonds is 6. The monoisotopic (exact) mass is 547 g/mol. The van der Waals surface area contributed by atoms with E-state index in [1.165, 1.54) is 49.5 Å². The normalized spacial score (nSPS) is 16.8. The molecule has 1 fully saturated rings. The molecule has 38 heavy (non-hydrogen) atoms. The highest BCUT2D eigenvalue weighted by molar-refractivity contribution is 7.89. The van der Waals surface area contributed by atoms with Crippen LogP contribution in [0.15, 0.2) is 64.9 Å². The summed E-state index contributed by atoms with van der Waals surface area (Å²) in [5.41, 5.74) is -0.262. The molecule has 0 unspecified atom stereocenters. The average Bonchev–Trinajstić information content (AvgIpc) is 3.10.